The molecule has 1 fully saturated rings. The molecular formula is C27H26FNO4. The van der Waals surface area contributed by atoms with Gasteiger partial charge in [0.1, 0.15) is 11.4 Å². The number of amides is 1. The van der Waals surface area contributed by atoms with Gasteiger partial charge < -0.3 is 14.4 Å². The van der Waals surface area contributed by atoms with E-state index in [-0.39, 0.29) is 18.5 Å². The van der Waals surface area contributed by atoms with Gasteiger partial charge in [0.2, 0.25) is 0 Å². The average molecular weight is 448 g/mol. The number of halogens is 1. The predicted molar refractivity (Wildman–Crippen MR) is 123 cm³/mol. The van der Waals surface area contributed by atoms with Crippen LogP contribution in [-0.2, 0) is 19.9 Å². The van der Waals surface area contributed by atoms with E-state index in [1.54, 1.807) is 17.0 Å². The molecule has 0 radical (unpaired) electrons. The lowest BCUT2D eigenvalue weighted by Gasteiger charge is -2.43. The minimum atomic E-state index is -0.829. The first-order valence-electron chi connectivity index (χ1n) is 11.0. The molecule has 1 heterocycles. The van der Waals surface area contributed by atoms with Crippen LogP contribution in [-0.4, -0.2) is 30.6 Å². The van der Waals surface area contributed by atoms with Gasteiger partial charge in [-0.1, -0.05) is 66.7 Å². The summed E-state index contributed by atoms with van der Waals surface area (Å²) in [6.45, 7) is 3.06. The summed E-state index contributed by atoms with van der Waals surface area (Å²) in [6.07, 6.45) is 0.588. The van der Waals surface area contributed by atoms with Gasteiger partial charge in [-0.05, 0) is 41.3 Å². The van der Waals surface area contributed by atoms with Crippen LogP contribution in [0.1, 0.15) is 36.9 Å². The van der Waals surface area contributed by atoms with Crippen LogP contribution in [0.15, 0.2) is 78.9 Å². The molecule has 33 heavy (non-hydrogen) atoms. The zero-order valence-electron chi connectivity index (χ0n) is 18.4. The van der Waals surface area contributed by atoms with Crippen LogP contribution in [0, 0.1) is 5.82 Å². The second kappa shape index (κ2) is 9.86. The van der Waals surface area contributed by atoms with Crippen molar-refractivity contribution in [3.63, 3.8) is 0 Å². The van der Waals surface area contributed by atoms with Gasteiger partial charge in [-0.2, -0.15) is 0 Å². The van der Waals surface area contributed by atoms with E-state index < -0.39 is 11.7 Å². The van der Waals surface area contributed by atoms with Crippen LogP contribution < -0.4 is 0 Å². The first-order valence-corrected chi connectivity index (χ1v) is 11.0. The van der Waals surface area contributed by atoms with Gasteiger partial charge in [-0.3, -0.25) is 4.79 Å². The summed E-state index contributed by atoms with van der Waals surface area (Å²) in [7, 11) is 0. The fourth-order valence-electron chi connectivity index (χ4n) is 4.33. The minimum Gasteiger partial charge on any atom is -0.468 e. The number of carbonyl (C=O) groups excluding carboxylic acids is 2. The van der Waals surface area contributed by atoms with E-state index in [0.29, 0.717) is 25.9 Å². The van der Waals surface area contributed by atoms with E-state index in [9.17, 15) is 14.0 Å². The molecule has 2 atom stereocenters. The summed E-state index contributed by atoms with van der Waals surface area (Å²) in [5.41, 5.74) is 2.95. The number of ether oxygens (including phenoxy) is 2. The highest BCUT2D eigenvalue weighted by Crippen LogP contribution is 2.39. The Morgan fingerprint density at radius 2 is 1.67 bits per heavy atom. The lowest BCUT2D eigenvalue weighted by atomic mass is 9.85. The lowest BCUT2D eigenvalue weighted by Crippen LogP contribution is -2.49. The number of benzene rings is 3. The van der Waals surface area contributed by atoms with Crippen LogP contribution in [0.25, 0.3) is 11.1 Å². The molecular weight excluding hydrogens is 421 g/mol. The zero-order chi connectivity index (χ0) is 23.3. The minimum absolute atomic E-state index is 0.173. The number of carbonyl (C=O) groups is 2. The Morgan fingerprint density at radius 3 is 2.27 bits per heavy atom. The Balaban J connectivity index is 1.49. The summed E-state index contributed by atoms with van der Waals surface area (Å²) >= 11 is 0. The van der Waals surface area contributed by atoms with Crippen LogP contribution in [0.4, 0.5) is 9.18 Å². The molecule has 4 rings (SSSR count). The summed E-state index contributed by atoms with van der Waals surface area (Å²) in [5.74, 6) is -0.267. The summed E-state index contributed by atoms with van der Waals surface area (Å²) < 4.78 is 24.1. The molecule has 0 spiro atoms. The van der Waals surface area contributed by atoms with Crippen molar-refractivity contribution in [3.8, 4) is 11.1 Å². The van der Waals surface area contributed by atoms with Gasteiger partial charge in [-0.25, -0.2) is 9.18 Å². The standard InChI is InChI=1S/C27H26FNO4/c1-20(21-7-9-22(10-8-21)23-11-13-25(28)14-12-23)29-17-15-27(33-26(29)31,16-18-32-19-30)24-5-3-2-4-6-24/h2-14,19-20H,15-18H2,1H3/t20-,27-/m0/s1. The lowest BCUT2D eigenvalue weighted by molar-refractivity contribution is -0.131. The van der Waals surface area contributed by atoms with Crippen molar-refractivity contribution in [2.24, 2.45) is 0 Å². The number of hydrogen-bond acceptors (Lipinski definition) is 4. The van der Waals surface area contributed by atoms with Gasteiger partial charge in [0.15, 0.2) is 0 Å². The van der Waals surface area contributed by atoms with Gasteiger partial charge in [0, 0.05) is 19.4 Å². The summed E-state index contributed by atoms with van der Waals surface area (Å²) in [4.78, 5) is 25.5. The Labute approximate surface area is 192 Å². The van der Waals surface area contributed by atoms with Crippen molar-refractivity contribution < 1.29 is 23.5 Å². The second-order valence-corrected chi connectivity index (χ2v) is 8.19. The van der Waals surface area contributed by atoms with Crippen molar-refractivity contribution in [1.29, 1.82) is 0 Å². The van der Waals surface area contributed by atoms with Crippen LogP contribution >= 0.6 is 0 Å². The maximum absolute atomic E-state index is 13.2. The van der Waals surface area contributed by atoms with Gasteiger partial charge in [0.05, 0.1) is 12.6 Å². The van der Waals surface area contributed by atoms with E-state index in [2.05, 4.69) is 0 Å². The Hall–Kier alpha value is -3.67. The van der Waals surface area contributed by atoms with Gasteiger partial charge in [-0.15, -0.1) is 0 Å². The second-order valence-electron chi connectivity index (χ2n) is 8.19. The monoisotopic (exact) mass is 447 g/mol. The van der Waals surface area contributed by atoms with E-state index in [4.69, 9.17) is 9.47 Å². The molecule has 0 bridgehead atoms. The van der Waals surface area contributed by atoms with E-state index >= 15 is 0 Å². The molecule has 5 nitrogen and oxygen atoms in total. The van der Waals surface area contributed by atoms with E-state index in [1.807, 2.05) is 61.5 Å². The average Bonchev–Trinajstić information content (AvgIpc) is 2.85. The van der Waals surface area contributed by atoms with Crippen LogP contribution in [0.3, 0.4) is 0 Å². The van der Waals surface area contributed by atoms with E-state index in [0.717, 1.165) is 22.3 Å². The summed E-state index contributed by atoms with van der Waals surface area (Å²) in [6, 6.07) is 23.7. The highest BCUT2D eigenvalue weighted by molar-refractivity contribution is 5.70. The molecule has 1 aliphatic heterocycles. The first kappa shape index (κ1) is 22.5. The highest BCUT2D eigenvalue weighted by atomic mass is 19.1. The SMILES string of the molecule is C[C@@H](c1ccc(-c2ccc(F)cc2)cc1)N1CC[C@](CCOC=O)(c2ccccc2)OC1=O. The predicted octanol–water partition coefficient (Wildman–Crippen LogP) is 5.85. The maximum atomic E-state index is 13.2. The molecule has 0 unspecified atom stereocenters. The number of cyclic esters (lactones) is 1. The third-order valence-corrected chi connectivity index (χ3v) is 6.30. The molecule has 6 heteroatoms. The Morgan fingerprint density at radius 1 is 1.03 bits per heavy atom. The molecule has 1 aliphatic rings. The Bertz CT molecular complexity index is 1090. The van der Waals surface area contributed by atoms with Crippen molar-refractivity contribution in [1.82, 2.24) is 4.90 Å². The summed E-state index contributed by atoms with van der Waals surface area (Å²) in [5, 5.41) is 0. The highest BCUT2D eigenvalue weighted by Gasteiger charge is 2.43. The van der Waals surface area contributed by atoms with Crippen molar-refractivity contribution in [3.05, 3.63) is 95.8 Å². The number of nitrogens with zero attached hydrogens (tertiary/aromatic N) is 1. The molecule has 170 valence electrons. The number of rotatable bonds is 8. The molecule has 1 saturated heterocycles. The molecule has 0 saturated carbocycles. The maximum Gasteiger partial charge on any atom is 0.411 e. The molecule has 0 aliphatic carbocycles. The van der Waals surface area contributed by atoms with Crippen LogP contribution in [0.2, 0.25) is 0 Å². The van der Waals surface area contributed by atoms with Gasteiger partial charge in [0.25, 0.3) is 6.47 Å². The molecule has 0 aromatic heterocycles. The largest absolute Gasteiger partial charge is 0.468 e. The van der Waals surface area contributed by atoms with Crippen molar-refractivity contribution >= 4 is 12.6 Å². The van der Waals surface area contributed by atoms with Crippen molar-refractivity contribution in [2.75, 3.05) is 13.2 Å². The van der Waals surface area contributed by atoms with E-state index in [1.165, 1.54) is 12.1 Å². The molecule has 3 aromatic rings. The first-order chi connectivity index (χ1) is 16.0. The molecule has 3 aromatic carbocycles. The van der Waals surface area contributed by atoms with Crippen molar-refractivity contribution in [2.45, 2.75) is 31.4 Å². The third kappa shape index (κ3) is 4.90. The fourth-order valence-corrected chi connectivity index (χ4v) is 4.33. The smallest absolute Gasteiger partial charge is 0.411 e. The fraction of sp³-hybridized carbons (Fsp3) is 0.259. The molecule has 1 amide bonds. The normalized spacial score (nSPS) is 19.0. The van der Waals surface area contributed by atoms with Crippen LogP contribution in [0.5, 0.6) is 0 Å². The quantitative estimate of drug-likeness (QED) is 0.321. The topological polar surface area (TPSA) is 55.8 Å². The molecule has 0 N–H and O–H groups in total. The number of hydrogen-bond donors (Lipinski definition) is 0. The zero-order valence-corrected chi connectivity index (χ0v) is 18.4. The van der Waals surface area contributed by atoms with Gasteiger partial charge >= 0.3 is 6.09 Å². The Kier molecular flexibility index (Phi) is 6.73. The third-order valence-electron chi connectivity index (χ3n) is 6.30.